The summed E-state index contributed by atoms with van der Waals surface area (Å²) < 4.78 is 0. The fourth-order valence-electron chi connectivity index (χ4n) is 0.724. The van der Waals surface area contributed by atoms with Crippen LogP contribution in [-0.2, 0) is 6.42 Å². The summed E-state index contributed by atoms with van der Waals surface area (Å²) in [6.45, 7) is 2.11. The molecule has 0 bridgehead atoms. The van der Waals surface area contributed by atoms with Gasteiger partial charge < -0.3 is 5.32 Å². The third-order valence-electron chi connectivity index (χ3n) is 1.20. The molecular formula is C6H10N2S. The highest BCUT2D eigenvalue weighted by molar-refractivity contribution is 7.14. The molecule has 0 radical (unpaired) electrons. The van der Waals surface area contributed by atoms with Crippen LogP contribution in [0.2, 0.25) is 0 Å². The number of hydrogen-bond donors (Lipinski definition) is 1. The molecule has 0 aliphatic heterocycles. The van der Waals surface area contributed by atoms with Gasteiger partial charge in [-0.15, -0.1) is 11.3 Å². The van der Waals surface area contributed by atoms with Crippen molar-refractivity contribution >= 4 is 16.3 Å². The molecule has 0 spiro atoms. The van der Waals surface area contributed by atoms with Crippen molar-refractivity contribution in [1.29, 1.82) is 0 Å². The van der Waals surface area contributed by atoms with Crippen molar-refractivity contribution in [1.82, 2.24) is 4.98 Å². The lowest BCUT2D eigenvalue weighted by Crippen LogP contribution is -1.89. The number of anilines is 1. The first kappa shape index (κ1) is 6.55. The van der Waals surface area contributed by atoms with E-state index < -0.39 is 0 Å². The lowest BCUT2D eigenvalue weighted by Gasteiger charge is -1.94. The zero-order valence-corrected chi connectivity index (χ0v) is 6.46. The molecule has 0 aliphatic carbocycles. The second-order valence-electron chi connectivity index (χ2n) is 1.73. The largest absolute Gasteiger partial charge is 0.378 e. The Labute approximate surface area is 58.9 Å². The van der Waals surface area contributed by atoms with E-state index >= 15 is 0 Å². The zero-order valence-electron chi connectivity index (χ0n) is 5.64. The first-order valence-electron chi connectivity index (χ1n) is 2.98. The standard InChI is InChI=1S/C6H10N2S/c1-3-5-6(7-2)9-4-8-5/h4,7H,3H2,1-2H3. The third kappa shape index (κ3) is 1.21. The van der Waals surface area contributed by atoms with E-state index in [4.69, 9.17) is 0 Å². The van der Waals surface area contributed by atoms with Gasteiger partial charge in [-0.2, -0.15) is 0 Å². The highest BCUT2D eigenvalue weighted by Gasteiger charge is 1.98. The number of aryl methyl sites for hydroxylation is 1. The number of nitrogens with one attached hydrogen (secondary N) is 1. The SMILES string of the molecule is CCc1ncsc1NC. The molecular weight excluding hydrogens is 132 g/mol. The summed E-state index contributed by atoms with van der Waals surface area (Å²) in [7, 11) is 1.92. The minimum atomic E-state index is 1.01. The van der Waals surface area contributed by atoms with Crippen LogP contribution in [-0.4, -0.2) is 12.0 Å². The van der Waals surface area contributed by atoms with Crippen molar-refractivity contribution in [2.45, 2.75) is 13.3 Å². The molecule has 1 aromatic rings. The van der Waals surface area contributed by atoms with Crippen LogP contribution in [0.25, 0.3) is 0 Å². The van der Waals surface area contributed by atoms with Gasteiger partial charge in [-0.25, -0.2) is 4.98 Å². The number of rotatable bonds is 2. The summed E-state index contributed by atoms with van der Waals surface area (Å²) in [5, 5.41) is 4.27. The number of aromatic nitrogens is 1. The molecule has 2 nitrogen and oxygen atoms in total. The van der Waals surface area contributed by atoms with Gasteiger partial charge in [0.2, 0.25) is 0 Å². The molecule has 50 valence electrons. The fourth-order valence-corrected chi connectivity index (χ4v) is 1.46. The average molecular weight is 142 g/mol. The predicted molar refractivity (Wildman–Crippen MR) is 41.0 cm³/mol. The lowest BCUT2D eigenvalue weighted by atomic mass is 10.4. The van der Waals surface area contributed by atoms with E-state index in [2.05, 4.69) is 17.2 Å². The van der Waals surface area contributed by atoms with Gasteiger partial charge in [-0.1, -0.05) is 6.92 Å². The average Bonchev–Trinajstić information content (AvgIpc) is 2.33. The molecule has 0 atom stereocenters. The quantitative estimate of drug-likeness (QED) is 0.680. The summed E-state index contributed by atoms with van der Waals surface area (Å²) in [5.41, 5.74) is 3.03. The van der Waals surface area contributed by atoms with E-state index in [0.29, 0.717) is 0 Å². The molecule has 0 amide bonds. The van der Waals surface area contributed by atoms with E-state index in [0.717, 1.165) is 6.42 Å². The second kappa shape index (κ2) is 2.82. The maximum absolute atomic E-state index is 4.16. The Hall–Kier alpha value is -0.570. The minimum absolute atomic E-state index is 1.01. The van der Waals surface area contributed by atoms with E-state index in [1.807, 2.05) is 12.6 Å². The Kier molecular flexibility index (Phi) is 2.05. The monoisotopic (exact) mass is 142 g/mol. The third-order valence-corrected chi connectivity index (χ3v) is 2.09. The van der Waals surface area contributed by atoms with Crippen molar-refractivity contribution in [3.8, 4) is 0 Å². The molecule has 0 fully saturated rings. The van der Waals surface area contributed by atoms with Crippen LogP contribution >= 0.6 is 11.3 Å². The van der Waals surface area contributed by atoms with Gasteiger partial charge in [0, 0.05) is 7.05 Å². The van der Waals surface area contributed by atoms with Gasteiger partial charge in [0.05, 0.1) is 11.2 Å². The van der Waals surface area contributed by atoms with E-state index in [-0.39, 0.29) is 0 Å². The summed E-state index contributed by atoms with van der Waals surface area (Å²) in [5.74, 6) is 0. The van der Waals surface area contributed by atoms with Crippen LogP contribution in [0.15, 0.2) is 5.51 Å². The topological polar surface area (TPSA) is 24.9 Å². The Bertz CT molecular complexity index is 164. The van der Waals surface area contributed by atoms with E-state index in [1.54, 1.807) is 11.3 Å². The van der Waals surface area contributed by atoms with Crippen LogP contribution in [0.5, 0.6) is 0 Å². The lowest BCUT2D eigenvalue weighted by molar-refractivity contribution is 1.06. The second-order valence-corrected chi connectivity index (χ2v) is 2.59. The Morgan fingerprint density at radius 2 is 2.56 bits per heavy atom. The van der Waals surface area contributed by atoms with Crippen LogP contribution in [0.3, 0.4) is 0 Å². The molecule has 0 saturated carbocycles. The summed E-state index contributed by atoms with van der Waals surface area (Å²) in [4.78, 5) is 4.16. The van der Waals surface area contributed by atoms with Crippen LogP contribution < -0.4 is 5.32 Å². The smallest absolute Gasteiger partial charge is 0.111 e. The number of hydrogen-bond acceptors (Lipinski definition) is 3. The van der Waals surface area contributed by atoms with Crippen molar-refractivity contribution in [2.75, 3.05) is 12.4 Å². The summed E-state index contributed by atoms with van der Waals surface area (Å²) in [6, 6.07) is 0. The molecule has 1 heterocycles. The molecule has 0 aromatic carbocycles. The van der Waals surface area contributed by atoms with Crippen molar-refractivity contribution < 1.29 is 0 Å². The normalized spacial score (nSPS) is 9.56. The van der Waals surface area contributed by atoms with Gasteiger partial charge in [0.25, 0.3) is 0 Å². The summed E-state index contributed by atoms with van der Waals surface area (Å²) in [6.07, 6.45) is 1.01. The number of thiazole rings is 1. The Morgan fingerprint density at radius 1 is 1.78 bits per heavy atom. The molecule has 0 saturated heterocycles. The molecule has 0 unspecified atom stereocenters. The van der Waals surface area contributed by atoms with E-state index in [9.17, 15) is 0 Å². The zero-order chi connectivity index (χ0) is 6.69. The Morgan fingerprint density at radius 3 is 3.00 bits per heavy atom. The van der Waals surface area contributed by atoms with Crippen molar-refractivity contribution in [3.05, 3.63) is 11.2 Å². The van der Waals surface area contributed by atoms with Gasteiger partial charge in [-0.05, 0) is 6.42 Å². The fraction of sp³-hybridized carbons (Fsp3) is 0.500. The van der Waals surface area contributed by atoms with Crippen LogP contribution in [0, 0.1) is 0 Å². The highest BCUT2D eigenvalue weighted by atomic mass is 32.1. The number of nitrogens with zero attached hydrogens (tertiary/aromatic N) is 1. The Balaban J connectivity index is 2.85. The van der Waals surface area contributed by atoms with Crippen molar-refractivity contribution in [2.24, 2.45) is 0 Å². The molecule has 1 rings (SSSR count). The van der Waals surface area contributed by atoms with Crippen LogP contribution in [0.1, 0.15) is 12.6 Å². The van der Waals surface area contributed by atoms with Gasteiger partial charge in [-0.3, -0.25) is 0 Å². The van der Waals surface area contributed by atoms with Gasteiger partial charge in [0.15, 0.2) is 0 Å². The van der Waals surface area contributed by atoms with Crippen molar-refractivity contribution in [3.63, 3.8) is 0 Å². The first-order chi connectivity index (χ1) is 4.38. The minimum Gasteiger partial charge on any atom is -0.378 e. The maximum Gasteiger partial charge on any atom is 0.111 e. The van der Waals surface area contributed by atoms with Crippen LogP contribution in [0.4, 0.5) is 5.00 Å². The van der Waals surface area contributed by atoms with Gasteiger partial charge in [0.1, 0.15) is 5.00 Å². The molecule has 1 N–H and O–H groups in total. The first-order valence-corrected chi connectivity index (χ1v) is 3.86. The predicted octanol–water partition coefficient (Wildman–Crippen LogP) is 1.75. The molecule has 9 heavy (non-hydrogen) atoms. The highest BCUT2D eigenvalue weighted by Crippen LogP contribution is 2.18. The molecule has 3 heteroatoms. The van der Waals surface area contributed by atoms with Gasteiger partial charge >= 0.3 is 0 Å². The summed E-state index contributed by atoms with van der Waals surface area (Å²) >= 11 is 1.65. The molecule has 0 aliphatic rings. The maximum atomic E-state index is 4.16. The molecule has 1 aromatic heterocycles. The van der Waals surface area contributed by atoms with E-state index in [1.165, 1.54) is 10.7 Å².